The minimum atomic E-state index is -0.0345. The summed E-state index contributed by atoms with van der Waals surface area (Å²) >= 11 is 0. The highest BCUT2D eigenvalue weighted by Gasteiger charge is 2.07. The molecule has 4 heteroatoms. The lowest BCUT2D eigenvalue weighted by Gasteiger charge is -2.06. The third-order valence-electron chi connectivity index (χ3n) is 4.08. The van der Waals surface area contributed by atoms with Crippen LogP contribution in [-0.4, -0.2) is 21.8 Å². The molecule has 0 saturated heterocycles. The van der Waals surface area contributed by atoms with Gasteiger partial charge in [-0.25, -0.2) is 4.98 Å². The number of nitrogens with one attached hydrogen (secondary N) is 1. The number of rotatable bonds is 4. The molecule has 0 atom stereocenters. The number of pyridine rings is 1. The molecule has 0 radical (unpaired) electrons. The van der Waals surface area contributed by atoms with Gasteiger partial charge in [0.05, 0.1) is 5.69 Å². The van der Waals surface area contributed by atoms with Crippen LogP contribution in [0, 0.1) is 20.8 Å². The molecule has 0 unspecified atom stereocenters. The molecule has 0 saturated carbocycles. The number of fused-ring (bicyclic) bond motifs is 1. The van der Waals surface area contributed by atoms with Crippen molar-refractivity contribution in [2.75, 3.05) is 6.54 Å². The standard InChI is InChI=1S/C19H21N3O/c1-13-4-7-18-21-17(12-22(18)11-13)8-9-20-19(23)16-6-5-14(2)15(3)10-16/h4-7,10-12H,8-9H2,1-3H3,(H,20,23). The second-order valence-electron chi connectivity index (χ2n) is 6.01. The van der Waals surface area contributed by atoms with Crippen molar-refractivity contribution in [3.8, 4) is 0 Å². The lowest BCUT2D eigenvalue weighted by atomic mass is 10.1. The zero-order chi connectivity index (χ0) is 16.4. The number of aryl methyl sites for hydroxylation is 3. The first-order chi connectivity index (χ1) is 11.0. The Kier molecular flexibility index (Phi) is 4.15. The van der Waals surface area contributed by atoms with Crippen molar-refractivity contribution in [3.05, 3.63) is 70.7 Å². The summed E-state index contributed by atoms with van der Waals surface area (Å²) in [5.41, 5.74) is 6.15. The topological polar surface area (TPSA) is 46.4 Å². The number of carbonyl (C=O) groups is 1. The van der Waals surface area contributed by atoms with Crippen LogP contribution in [0.2, 0.25) is 0 Å². The molecule has 0 spiro atoms. The summed E-state index contributed by atoms with van der Waals surface area (Å²) in [5.74, 6) is -0.0345. The van der Waals surface area contributed by atoms with Crippen LogP contribution in [0.3, 0.4) is 0 Å². The lowest BCUT2D eigenvalue weighted by Crippen LogP contribution is -2.25. The van der Waals surface area contributed by atoms with E-state index in [1.165, 1.54) is 11.1 Å². The highest BCUT2D eigenvalue weighted by molar-refractivity contribution is 5.94. The van der Waals surface area contributed by atoms with E-state index in [-0.39, 0.29) is 5.91 Å². The van der Waals surface area contributed by atoms with Crippen molar-refractivity contribution in [2.45, 2.75) is 27.2 Å². The molecule has 23 heavy (non-hydrogen) atoms. The highest BCUT2D eigenvalue weighted by Crippen LogP contribution is 2.10. The molecule has 1 N–H and O–H groups in total. The van der Waals surface area contributed by atoms with Gasteiger partial charge in [0.15, 0.2) is 0 Å². The number of benzene rings is 1. The number of hydrogen-bond donors (Lipinski definition) is 1. The van der Waals surface area contributed by atoms with Gasteiger partial charge in [-0.15, -0.1) is 0 Å². The van der Waals surface area contributed by atoms with Crippen molar-refractivity contribution in [2.24, 2.45) is 0 Å². The van der Waals surface area contributed by atoms with Crippen LogP contribution in [-0.2, 0) is 6.42 Å². The van der Waals surface area contributed by atoms with Gasteiger partial charge in [-0.1, -0.05) is 12.1 Å². The van der Waals surface area contributed by atoms with Gasteiger partial charge < -0.3 is 9.72 Å². The summed E-state index contributed by atoms with van der Waals surface area (Å²) < 4.78 is 2.02. The zero-order valence-corrected chi connectivity index (χ0v) is 13.8. The van der Waals surface area contributed by atoms with Crippen molar-refractivity contribution >= 4 is 11.6 Å². The van der Waals surface area contributed by atoms with E-state index in [4.69, 9.17) is 0 Å². The number of hydrogen-bond acceptors (Lipinski definition) is 2. The number of amides is 1. The van der Waals surface area contributed by atoms with Gasteiger partial charge in [0.25, 0.3) is 5.91 Å². The number of nitrogens with zero attached hydrogens (tertiary/aromatic N) is 2. The molecular formula is C19H21N3O. The Balaban J connectivity index is 1.61. The summed E-state index contributed by atoms with van der Waals surface area (Å²) in [4.78, 5) is 16.7. The second kappa shape index (κ2) is 6.24. The molecule has 2 aromatic heterocycles. The van der Waals surface area contributed by atoms with Crippen LogP contribution in [0.1, 0.15) is 32.7 Å². The average molecular weight is 307 g/mol. The normalized spacial score (nSPS) is 10.9. The Hall–Kier alpha value is -2.62. The van der Waals surface area contributed by atoms with Gasteiger partial charge >= 0.3 is 0 Å². The van der Waals surface area contributed by atoms with E-state index in [1.807, 2.05) is 54.8 Å². The molecule has 0 bridgehead atoms. The van der Waals surface area contributed by atoms with E-state index >= 15 is 0 Å². The van der Waals surface area contributed by atoms with Crippen LogP contribution in [0.5, 0.6) is 0 Å². The minimum absolute atomic E-state index is 0.0345. The van der Waals surface area contributed by atoms with Gasteiger partial charge in [-0.3, -0.25) is 4.79 Å². The Bertz CT molecular complexity index is 864. The van der Waals surface area contributed by atoms with Crippen LogP contribution in [0.15, 0.2) is 42.7 Å². The third-order valence-corrected chi connectivity index (χ3v) is 4.08. The molecule has 1 amide bonds. The second-order valence-corrected chi connectivity index (χ2v) is 6.01. The molecular weight excluding hydrogens is 286 g/mol. The third kappa shape index (κ3) is 3.42. The Morgan fingerprint density at radius 1 is 1.09 bits per heavy atom. The van der Waals surface area contributed by atoms with Crippen LogP contribution in [0.4, 0.5) is 0 Å². The Morgan fingerprint density at radius 2 is 1.91 bits per heavy atom. The van der Waals surface area contributed by atoms with E-state index in [1.54, 1.807) is 0 Å². The fourth-order valence-electron chi connectivity index (χ4n) is 2.56. The maximum Gasteiger partial charge on any atom is 0.251 e. The monoisotopic (exact) mass is 307 g/mol. The molecule has 4 nitrogen and oxygen atoms in total. The fraction of sp³-hybridized carbons (Fsp3) is 0.263. The first-order valence-corrected chi connectivity index (χ1v) is 7.82. The maximum absolute atomic E-state index is 12.2. The van der Waals surface area contributed by atoms with Crippen molar-refractivity contribution < 1.29 is 4.79 Å². The summed E-state index contributed by atoms with van der Waals surface area (Å²) in [6.07, 6.45) is 4.79. The predicted molar refractivity (Wildman–Crippen MR) is 91.9 cm³/mol. The first kappa shape index (κ1) is 15.3. The fourth-order valence-corrected chi connectivity index (χ4v) is 2.56. The van der Waals surface area contributed by atoms with Gasteiger partial charge in [0, 0.05) is 30.9 Å². The summed E-state index contributed by atoms with van der Waals surface area (Å²) in [5, 5.41) is 2.96. The van der Waals surface area contributed by atoms with E-state index in [2.05, 4.69) is 23.4 Å². The van der Waals surface area contributed by atoms with Gasteiger partial charge in [-0.2, -0.15) is 0 Å². The summed E-state index contributed by atoms with van der Waals surface area (Å²) in [7, 11) is 0. The molecule has 3 aromatic rings. The smallest absolute Gasteiger partial charge is 0.251 e. The molecule has 0 aliphatic carbocycles. The van der Waals surface area contributed by atoms with Crippen molar-refractivity contribution in [3.63, 3.8) is 0 Å². The zero-order valence-electron chi connectivity index (χ0n) is 13.8. The minimum Gasteiger partial charge on any atom is -0.352 e. The number of carbonyl (C=O) groups excluding carboxylic acids is 1. The maximum atomic E-state index is 12.2. The quantitative estimate of drug-likeness (QED) is 0.804. The largest absolute Gasteiger partial charge is 0.352 e. The summed E-state index contributed by atoms with van der Waals surface area (Å²) in [6.45, 7) is 6.70. The predicted octanol–water partition coefficient (Wildman–Crippen LogP) is 3.23. The molecule has 1 aromatic carbocycles. The molecule has 2 heterocycles. The number of aromatic nitrogens is 2. The first-order valence-electron chi connectivity index (χ1n) is 7.82. The molecule has 0 aliphatic heterocycles. The van der Waals surface area contributed by atoms with E-state index < -0.39 is 0 Å². The average Bonchev–Trinajstić information content (AvgIpc) is 2.91. The Morgan fingerprint density at radius 3 is 2.70 bits per heavy atom. The lowest BCUT2D eigenvalue weighted by molar-refractivity contribution is 0.0954. The van der Waals surface area contributed by atoms with Gasteiger partial charge in [0.1, 0.15) is 5.65 Å². The summed E-state index contributed by atoms with van der Waals surface area (Å²) in [6, 6.07) is 9.83. The molecule has 0 aliphatic rings. The van der Waals surface area contributed by atoms with Crippen molar-refractivity contribution in [1.29, 1.82) is 0 Å². The Labute approximate surface area is 136 Å². The SMILES string of the molecule is Cc1ccc2nc(CCNC(=O)c3ccc(C)c(C)c3)cn2c1. The van der Waals surface area contributed by atoms with E-state index in [9.17, 15) is 4.79 Å². The van der Waals surface area contributed by atoms with Crippen molar-refractivity contribution in [1.82, 2.24) is 14.7 Å². The number of imidazole rings is 1. The molecule has 0 fully saturated rings. The van der Waals surface area contributed by atoms with Gasteiger partial charge in [-0.05, 0) is 55.7 Å². The van der Waals surface area contributed by atoms with Crippen LogP contribution in [0.25, 0.3) is 5.65 Å². The van der Waals surface area contributed by atoms with E-state index in [0.717, 1.165) is 23.3 Å². The van der Waals surface area contributed by atoms with E-state index in [0.29, 0.717) is 12.1 Å². The molecule has 118 valence electrons. The van der Waals surface area contributed by atoms with Crippen LogP contribution < -0.4 is 5.32 Å². The highest BCUT2D eigenvalue weighted by atomic mass is 16.1. The van der Waals surface area contributed by atoms with Crippen LogP contribution >= 0.6 is 0 Å². The molecule has 3 rings (SSSR count). The van der Waals surface area contributed by atoms with Gasteiger partial charge in [0.2, 0.25) is 0 Å².